The Labute approximate surface area is 124 Å². The molecule has 4 nitrogen and oxygen atoms in total. The monoisotopic (exact) mass is 289 g/mol. The number of nitrogens with zero attached hydrogens (tertiary/aromatic N) is 2. The van der Waals surface area contributed by atoms with E-state index in [9.17, 15) is 4.39 Å². The predicted octanol–water partition coefficient (Wildman–Crippen LogP) is 3.63. The van der Waals surface area contributed by atoms with Gasteiger partial charge in [0.1, 0.15) is 5.82 Å². The molecule has 0 atom stereocenters. The van der Waals surface area contributed by atoms with Gasteiger partial charge in [-0.1, -0.05) is 20.8 Å². The molecule has 0 saturated carbocycles. The van der Waals surface area contributed by atoms with Crippen LogP contribution in [0.2, 0.25) is 0 Å². The molecule has 5 heteroatoms. The van der Waals surface area contributed by atoms with E-state index in [-0.39, 0.29) is 11.2 Å². The maximum absolute atomic E-state index is 13.9. The topological polar surface area (TPSA) is 47.0 Å². The lowest BCUT2D eigenvalue weighted by Gasteiger charge is -2.19. The molecule has 0 radical (unpaired) electrons. The van der Waals surface area contributed by atoms with E-state index < -0.39 is 5.82 Å². The van der Waals surface area contributed by atoms with Gasteiger partial charge in [0.25, 0.3) is 0 Å². The number of methoxy groups -OCH3 is 1. The lowest BCUT2D eigenvalue weighted by atomic mass is 9.92. The van der Waals surface area contributed by atoms with Gasteiger partial charge >= 0.3 is 0 Å². The van der Waals surface area contributed by atoms with Crippen LogP contribution in [0.25, 0.3) is 11.4 Å². The lowest BCUT2D eigenvalue weighted by molar-refractivity contribution is 0.386. The molecule has 1 aromatic heterocycles. The second-order valence-corrected chi connectivity index (χ2v) is 5.81. The standard InChI is InChI=1S/C16H20FN3O/c1-16(2,3)13-9-14(18-4)20-15(19-13)10-6-7-12(21-5)11(17)8-10/h6-9H,1-5H3,(H,18,19,20). The summed E-state index contributed by atoms with van der Waals surface area (Å²) >= 11 is 0. The number of rotatable bonds is 3. The van der Waals surface area contributed by atoms with Gasteiger partial charge < -0.3 is 10.1 Å². The largest absolute Gasteiger partial charge is 0.494 e. The van der Waals surface area contributed by atoms with Crippen LogP contribution in [-0.2, 0) is 5.41 Å². The second-order valence-electron chi connectivity index (χ2n) is 5.81. The fourth-order valence-corrected chi connectivity index (χ4v) is 1.89. The lowest BCUT2D eigenvalue weighted by Crippen LogP contribution is -2.15. The van der Waals surface area contributed by atoms with E-state index >= 15 is 0 Å². The molecule has 2 aromatic rings. The number of ether oxygens (including phenoxy) is 1. The summed E-state index contributed by atoms with van der Waals surface area (Å²) in [5.74, 6) is 0.986. The van der Waals surface area contributed by atoms with E-state index in [0.29, 0.717) is 17.2 Å². The zero-order valence-electron chi connectivity index (χ0n) is 13.0. The van der Waals surface area contributed by atoms with E-state index in [0.717, 1.165) is 5.69 Å². The molecule has 112 valence electrons. The quantitative estimate of drug-likeness (QED) is 0.937. The Balaban J connectivity index is 2.55. The van der Waals surface area contributed by atoms with Crippen molar-refractivity contribution in [3.8, 4) is 17.1 Å². The van der Waals surface area contributed by atoms with Crippen molar-refractivity contribution in [1.82, 2.24) is 9.97 Å². The Hall–Kier alpha value is -2.17. The average molecular weight is 289 g/mol. The zero-order valence-corrected chi connectivity index (χ0v) is 13.0. The molecule has 1 aromatic carbocycles. The van der Waals surface area contributed by atoms with Crippen LogP contribution >= 0.6 is 0 Å². The second kappa shape index (κ2) is 5.68. The molecule has 0 aliphatic carbocycles. The Morgan fingerprint density at radius 3 is 2.38 bits per heavy atom. The van der Waals surface area contributed by atoms with Crippen LogP contribution in [0, 0.1) is 5.82 Å². The third kappa shape index (κ3) is 3.29. The molecule has 0 spiro atoms. The van der Waals surface area contributed by atoms with Crippen LogP contribution in [0.1, 0.15) is 26.5 Å². The van der Waals surface area contributed by atoms with E-state index in [1.54, 1.807) is 19.2 Å². The van der Waals surface area contributed by atoms with Gasteiger partial charge in [-0.25, -0.2) is 14.4 Å². The maximum atomic E-state index is 13.9. The van der Waals surface area contributed by atoms with E-state index in [2.05, 4.69) is 36.1 Å². The highest BCUT2D eigenvalue weighted by Crippen LogP contribution is 2.27. The Bertz CT molecular complexity index is 650. The molecular weight excluding hydrogens is 269 g/mol. The first kappa shape index (κ1) is 15.2. The van der Waals surface area contributed by atoms with Crippen LogP contribution in [0.15, 0.2) is 24.3 Å². The van der Waals surface area contributed by atoms with Crippen LogP contribution in [0.4, 0.5) is 10.2 Å². The number of benzene rings is 1. The minimum atomic E-state index is -0.425. The highest BCUT2D eigenvalue weighted by Gasteiger charge is 2.18. The molecule has 0 amide bonds. The molecule has 0 saturated heterocycles. The summed E-state index contributed by atoms with van der Waals surface area (Å²) in [7, 11) is 3.24. The van der Waals surface area contributed by atoms with Crippen LogP contribution in [0.3, 0.4) is 0 Å². The third-order valence-electron chi connectivity index (χ3n) is 3.16. The molecule has 2 rings (SSSR count). The fraction of sp³-hybridized carbons (Fsp3) is 0.375. The van der Waals surface area contributed by atoms with E-state index in [1.165, 1.54) is 13.2 Å². The SMILES string of the molecule is CNc1cc(C(C)(C)C)nc(-c2ccc(OC)c(F)c2)n1. The minimum Gasteiger partial charge on any atom is -0.494 e. The highest BCUT2D eigenvalue weighted by molar-refractivity contribution is 5.59. The number of nitrogens with one attached hydrogen (secondary N) is 1. The number of hydrogen-bond donors (Lipinski definition) is 1. The van der Waals surface area contributed by atoms with Crippen molar-refractivity contribution in [3.63, 3.8) is 0 Å². The molecule has 0 aliphatic heterocycles. The smallest absolute Gasteiger partial charge is 0.165 e. The summed E-state index contributed by atoms with van der Waals surface area (Å²) in [6.07, 6.45) is 0. The molecule has 0 aliphatic rings. The highest BCUT2D eigenvalue weighted by atomic mass is 19.1. The molecule has 0 fully saturated rings. The van der Waals surface area contributed by atoms with Gasteiger partial charge in [-0.3, -0.25) is 0 Å². The predicted molar refractivity (Wildman–Crippen MR) is 82.2 cm³/mol. The maximum Gasteiger partial charge on any atom is 0.165 e. The summed E-state index contributed by atoms with van der Waals surface area (Å²) < 4.78 is 18.8. The van der Waals surface area contributed by atoms with E-state index in [1.807, 2.05) is 6.07 Å². The first-order valence-electron chi connectivity index (χ1n) is 6.76. The summed E-state index contributed by atoms with van der Waals surface area (Å²) in [5, 5.41) is 3.02. The van der Waals surface area contributed by atoms with Crippen molar-refractivity contribution in [3.05, 3.63) is 35.8 Å². The minimum absolute atomic E-state index is 0.117. The van der Waals surface area contributed by atoms with Gasteiger partial charge in [-0.15, -0.1) is 0 Å². The Kier molecular flexibility index (Phi) is 4.11. The van der Waals surface area contributed by atoms with Gasteiger partial charge in [0.05, 0.1) is 12.8 Å². The van der Waals surface area contributed by atoms with Gasteiger partial charge in [0.2, 0.25) is 0 Å². The van der Waals surface area contributed by atoms with Crippen molar-refractivity contribution in [2.75, 3.05) is 19.5 Å². The summed E-state index contributed by atoms with van der Waals surface area (Å²) in [5.41, 5.74) is 1.40. The normalized spacial score (nSPS) is 11.3. The van der Waals surface area contributed by atoms with Gasteiger partial charge in [0, 0.05) is 24.1 Å². The van der Waals surface area contributed by atoms with Crippen molar-refractivity contribution < 1.29 is 9.13 Å². The molecule has 0 unspecified atom stereocenters. The first-order chi connectivity index (χ1) is 9.85. The fourth-order valence-electron chi connectivity index (χ4n) is 1.89. The molecule has 21 heavy (non-hydrogen) atoms. The average Bonchev–Trinajstić information content (AvgIpc) is 2.45. The van der Waals surface area contributed by atoms with Gasteiger partial charge in [-0.2, -0.15) is 0 Å². The molecule has 1 N–H and O–H groups in total. The first-order valence-corrected chi connectivity index (χ1v) is 6.76. The molecule has 1 heterocycles. The number of halogens is 1. The summed E-state index contributed by atoms with van der Waals surface area (Å²) in [6.45, 7) is 6.23. The molecular formula is C16H20FN3O. The van der Waals surface area contributed by atoms with Crippen molar-refractivity contribution in [2.24, 2.45) is 0 Å². The van der Waals surface area contributed by atoms with E-state index in [4.69, 9.17) is 4.74 Å². The summed E-state index contributed by atoms with van der Waals surface area (Å²) in [6, 6.07) is 6.63. The molecule has 0 bridgehead atoms. The van der Waals surface area contributed by atoms with Gasteiger partial charge in [-0.05, 0) is 18.2 Å². The van der Waals surface area contributed by atoms with Crippen LogP contribution < -0.4 is 10.1 Å². The van der Waals surface area contributed by atoms with Crippen LogP contribution in [-0.4, -0.2) is 24.1 Å². The Morgan fingerprint density at radius 2 is 1.86 bits per heavy atom. The number of anilines is 1. The Morgan fingerprint density at radius 1 is 1.14 bits per heavy atom. The number of hydrogen-bond acceptors (Lipinski definition) is 4. The summed E-state index contributed by atoms with van der Waals surface area (Å²) in [4.78, 5) is 8.96. The van der Waals surface area contributed by atoms with Crippen molar-refractivity contribution in [2.45, 2.75) is 26.2 Å². The third-order valence-corrected chi connectivity index (χ3v) is 3.16. The zero-order chi connectivity index (χ0) is 15.6. The van der Waals surface area contributed by atoms with Gasteiger partial charge in [0.15, 0.2) is 17.4 Å². The number of aromatic nitrogens is 2. The van der Waals surface area contributed by atoms with Crippen LogP contribution in [0.5, 0.6) is 5.75 Å². The van der Waals surface area contributed by atoms with Crippen molar-refractivity contribution in [1.29, 1.82) is 0 Å². The van der Waals surface area contributed by atoms with Crippen molar-refractivity contribution >= 4 is 5.82 Å².